The Kier molecular flexibility index (Phi) is 7.77. The zero-order chi connectivity index (χ0) is 26.9. The van der Waals surface area contributed by atoms with E-state index in [4.69, 9.17) is 9.72 Å². The number of methoxy groups -OCH3 is 1. The van der Waals surface area contributed by atoms with Crippen molar-refractivity contribution < 1.29 is 4.74 Å². The van der Waals surface area contributed by atoms with Crippen LogP contribution in [0.25, 0.3) is 10.9 Å². The summed E-state index contributed by atoms with van der Waals surface area (Å²) in [5.41, 5.74) is 4.95. The number of hydrogen-bond donors (Lipinski definition) is 0. The van der Waals surface area contributed by atoms with Crippen molar-refractivity contribution in [2.24, 2.45) is 0 Å². The van der Waals surface area contributed by atoms with Crippen LogP contribution in [0.3, 0.4) is 0 Å². The molecule has 2 radical (unpaired) electrons. The maximum absolute atomic E-state index is 9.56. The fourth-order valence-corrected chi connectivity index (χ4v) is 7.45. The van der Waals surface area contributed by atoms with E-state index >= 15 is 0 Å². The first-order chi connectivity index (χ1) is 19.0. The summed E-state index contributed by atoms with van der Waals surface area (Å²) in [5.74, 6) is 0. The molecule has 0 amide bonds. The SMILES string of the molecule is CO[C@@H]1CN(c2ccc(CN3CC[C@H]4CN(c5ccc(C#N)c6ncccc56)C[C@@H](C)N4CC3)nc2)C[C@H]1[As]. The number of fused-ring (bicyclic) bond motifs is 2. The number of hydrogen-bond acceptors (Lipinski definition) is 8. The number of piperazine rings is 1. The topological polar surface area (TPSA) is 71.8 Å². The summed E-state index contributed by atoms with van der Waals surface area (Å²) in [6.07, 6.45) is 5.21. The van der Waals surface area contributed by atoms with Gasteiger partial charge in [0.2, 0.25) is 0 Å². The summed E-state index contributed by atoms with van der Waals surface area (Å²) in [4.78, 5) is 19.5. The molecular weight excluding hydrogens is 549 g/mol. The van der Waals surface area contributed by atoms with Gasteiger partial charge in [-0.25, -0.2) is 0 Å². The second kappa shape index (κ2) is 11.4. The standard InChI is InChI=1S/C30H36AsN7O/c1-21-16-37(28-8-5-22(14-32)30-26(28)4-3-10-33-30)18-25-9-11-35(12-13-38(21)25)17-23-6-7-24(15-34-23)36-19-27(31)29(20-36)39-2/h3-8,10,15,21,25,27,29H,9,11-13,16-20H2,1-2H3/t21-,25+,27-,29-/m1/s1. The molecule has 0 aliphatic carbocycles. The van der Waals surface area contributed by atoms with E-state index in [0.717, 1.165) is 75.4 Å². The van der Waals surface area contributed by atoms with E-state index in [2.05, 4.69) is 78.7 Å². The number of nitriles is 1. The van der Waals surface area contributed by atoms with Gasteiger partial charge in [-0.3, -0.25) is 4.98 Å². The number of pyridine rings is 2. The molecule has 1 aromatic carbocycles. The van der Waals surface area contributed by atoms with Crippen molar-refractivity contribution >= 4 is 39.1 Å². The van der Waals surface area contributed by atoms with E-state index in [1.807, 2.05) is 18.3 Å². The molecule has 0 unspecified atom stereocenters. The van der Waals surface area contributed by atoms with Crippen molar-refractivity contribution in [1.82, 2.24) is 19.8 Å². The Morgan fingerprint density at radius 2 is 1.92 bits per heavy atom. The predicted octanol–water partition coefficient (Wildman–Crippen LogP) is 3.08. The fourth-order valence-electron chi connectivity index (χ4n) is 6.58. The molecule has 3 aromatic rings. The van der Waals surface area contributed by atoms with Gasteiger partial charge in [-0.1, -0.05) is 0 Å². The number of benzene rings is 1. The zero-order valence-electron chi connectivity index (χ0n) is 22.8. The third-order valence-corrected chi connectivity index (χ3v) is 9.75. The molecule has 39 heavy (non-hydrogen) atoms. The third-order valence-electron chi connectivity index (χ3n) is 8.71. The molecule has 5 heterocycles. The number of rotatable bonds is 5. The van der Waals surface area contributed by atoms with Gasteiger partial charge in [0.1, 0.15) is 6.07 Å². The first-order valence-electron chi connectivity index (χ1n) is 14.0. The summed E-state index contributed by atoms with van der Waals surface area (Å²) in [5, 5.41) is 10.6. The van der Waals surface area contributed by atoms with E-state index in [9.17, 15) is 5.26 Å². The monoisotopic (exact) mass is 585 g/mol. The summed E-state index contributed by atoms with van der Waals surface area (Å²) < 4.78 is 6.09. The van der Waals surface area contributed by atoms with E-state index < -0.39 is 0 Å². The van der Waals surface area contributed by atoms with Crippen LogP contribution in [-0.4, -0.2) is 108 Å². The Balaban J connectivity index is 1.11. The molecule has 202 valence electrons. The Morgan fingerprint density at radius 1 is 1.03 bits per heavy atom. The van der Waals surface area contributed by atoms with Crippen LogP contribution in [0.4, 0.5) is 11.4 Å². The molecule has 4 atom stereocenters. The van der Waals surface area contributed by atoms with E-state index in [1.165, 1.54) is 11.4 Å². The minimum atomic E-state index is 0.269. The van der Waals surface area contributed by atoms with Crippen LogP contribution in [0.2, 0.25) is 4.71 Å². The quantitative estimate of drug-likeness (QED) is 0.424. The molecule has 0 spiro atoms. The van der Waals surface area contributed by atoms with E-state index in [1.54, 1.807) is 13.3 Å². The minimum absolute atomic E-state index is 0.269. The van der Waals surface area contributed by atoms with E-state index in [0.29, 0.717) is 22.4 Å². The molecule has 3 aliphatic rings. The van der Waals surface area contributed by atoms with Gasteiger partial charge in [-0.05, 0) is 31.2 Å². The number of anilines is 2. The van der Waals surface area contributed by atoms with Crippen molar-refractivity contribution in [3.8, 4) is 6.07 Å². The van der Waals surface area contributed by atoms with Gasteiger partial charge in [0.05, 0.1) is 11.1 Å². The van der Waals surface area contributed by atoms with Gasteiger partial charge in [-0.15, -0.1) is 0 Å². The van der Waals surface area contributed by atoms with E-state index in [-0.39, 0.29) is 6.10 Å². The average molecular weight is 586 g/mol. The summed E-state index contributed by atoms with van der Waals surface area (Å²) >= 11 is 2.75. The molecule has 9 heteroatoms. The van der Waals surface area contributed by atoms with Crippen molar-refractivity contribution in [2.75, 3.05) is 62.7 Å². The second-order valence-corrected chi connectivity index (χ2v) is 12.5. The predicted molar refractivity (Wildman–Crippen MR) is 155 cm³/mol. The first-order valence-corrected chi connectivity index (χ1v) is 15.0. The molecule has 0 saturated carbocycles. The Bertz CT molecular complexity index is 1350. The molecule has 0 N–H and O–H groups in total. The molecule has 3 saturated heterocycles. The fraction of sp³-hybridized carbons (Fsp3) is 0.500. The van der Waals surface area contributed by atoms with Crippen LogP contribution in [0, 0.1) is 11.3 Å². The zero-order valence-corrected chi connectivity index (χ0v) is 24.7. The van der Waals surface area contributed by atoms with Crippen LogP contribution in [0.1, 0.15) is 24.6 Å². The number of ether oxygens (including phenoxy) is 1. The second-order valence-electron chi connectivity index (χ2n) is 11.1. The van der Waals surface area contributed by atoms with Crippen molar-refractivity contribution in [2.45, 2.75) is 42.8 Å². The molecule has 3 aliphatic heterocycles. The van der Waals surface area contributed by atoms with Crippen LogP contribution >= 0.6 is 0 Å². The number of aromatic nitrogens is 2. The summed E-state index contributed by atoms with van der Waals surface area (Å²) in [7, 11) is 1.80. The van der Waals surface area contributed by atoms with Crippen LogP contribution in [0.5, 0.6) is 0 Å². The molecule has 3 fully saturated rings. The third kappa shape index (κ3) is 5.38. The first kappa shape index (κ1) is 26.5. The molecule has 0 bridgehead atoms. The molecule has 2 aromatic heterocycles. The Morgan fingerprint density at radius 3 is 2.69 bits per heavy atom. The van der Waals surface area contributed by atoms with Gasteiger partial charge in [0, 0.05) is 36.4 Å². The van der Waals surface area contributed by atoms with Gasteiger partial charge >= 0.3 is 141 Å². The van der Waals surface area contributed by atoms with Crippen LogP contribution in [-0.2, 0) is 11.3 Å². The van der Waals surface area contributed by atoms with Gasteiger partial charge in [-0.2, -0.15) is 5.26 Å². The van der Waals surface area contributed by atoms with Crippen molar-refractivity contribution in [1.29, 1.82) is 5.26 Å². The van der Waals surface area contributed by atoms with Crippen molar-refractivity contribution in [3.05, 3.63) is 60.0 Å². The Hall–Kier alpha value is -2.69. The molecular formula is C30H36AsN7O. The van der Waals surface area contributed by atoms with Gasteiger partial charge in [0.15, 0.2) is 0 Å². The normalized spacial score (nSPS) is 26.4. The average Bonchev–Trinajstić information content (AvgIpc) is 3.22. The van der Waals surface area contributed by atoms with Crippen LogP contribution < -0.4 is 9.80 Å². The summed E-state index contributed by atoms with van der Waals surface area (Å²) in [6, 6.07) is 15.8. The summed E-state index contributed by atoms with van der Waals surface area (Å²) in [6.45, 7) is 10.3. The van der Waals surface area contributed by atoms with Gasteiger partial charge in [0.25, 0.3) is 0 Å². The Labute approximate surface area is 240 Å². The molecule has 8 nitrogen and oxygen atoms in total. The molecule has 6 rings (SSSR count). The van der Waals surface area contributed by atoms with Crippen LogP contribution in [0.15, 0.2) is 48.8 Å². The van der Waals surface area contributed by atoms with Crippen molar-refractivity contribution in [3.63, 3.8) is 0 Å². The number of nitrogens with zero attached hydrogens (tertiary/aromatic N) is 7. The van der Waals surface area contributed by atoms with Gasteiger partial charge < -0.3 is 4.90 Å². The maximum atomic E-state index is 9.56.